The van der Waals surface area contributed by atoms with Crippen LogP contribution in [0.2, 0.25) is 0 Å². The molecule has 0 spiro atoms. The number of methoxy groups -OCH3 is 1. The maximum Gasteiger partial charge on any atom is 0.0638 e. The highest BCUT2D eigenvalue weighted by atomic mass is 16.5. The second-order valence-electron chi connectivity index (χ2n) is 4.80. The number of hydrogen-bond acceptors (Lipinski definition) is 4. The van der Waals surface area contributed by atoms with Gasteiger partial charge in [0.05, 0.1) is 18.8 Å². The molecule has 1 N–H and O–H groups in total. The van der Waals surface area contributed by atoms with Crippen molar-refractivity contribution in [1.29, 1.82) is 0 Å². The number of hydrazine groups is 1. The molecule has 0 saturated carbocycles. The van der Waals surface area contributed by atoms with Crippen molar-refractivity contribution in [2.24, 2.45) is 0 Å². The smallest absolute Gasteiger partial charge is 0.0638 e. The second-order valence-corrected chi connectivity index (χ2v) is 4.80. The quantitative estimate of drug-likeness (QED) is 0.744. The summed E-state index contributed by atoms with van der Waals surface area (Å²) in [5.41, 5.74) is 3.43. The zero-order chi connectivity index (χ0) is 11.3. The fourth-order valence-electron chi connectivity index (χ4n) is 1.87. The molecule has 1 heterocycles. The highest BCUT2D eigenvalue weighted by molar-refractivity contribution is 4.75. The first-order valence-corrected chi connectivity index (χ1v) is 5.67. The van der Waals surface area contributed by atoms with Gasteiger partial charge in [0, 0.05) is 26.2 Å². The van der Waals surface area contributed by atoms with Gasteiger partial charge in [-0.25, -0.2) is 5.01 Å². The molecule has 1 fully saturated rings. The van der Waals surface area contributed by atoms with Gasteiger partial charge in [0.2, 0.25) is 0 Å². The monoisotopic (exact) mass is 216 g/mol. The minimum absolute atomic E-state index is 0.0568. The Morgan fingerprint density at radius 2 is 2.00 bits per heavy atom. The van der Waals surface area contributed by atoms with Crippen LogP contribution in [-0.2, 0) is 9.47 Å². The molecule has 15 heavy (non-hydrogen) atoms. The van der Waals surface area contributed by atoms with Crippen LogP contribution >= 0.6 is 0 Å². The number of hydrogen-bond donors (Lipinski definition) is 1. The fourth-order valence-corrected chi connectivity index (χ4v) is 1.87. The van der Waals surface area contributed by atoms with E-state index in [9.17, 15) is 0 Å². The average Bonchev–Trinajstić information content (AvgIpc) is 2.18. The van der Waals surface area contributed by atoms with E-state index < -0.39 is 0 Å². The van der Waals surface area contributed by atoms with E-state index in [-0.39, 0.29) is 5.60 Å². The first-order chi connectivity index (χ1) is 7.03. The molecule has 0 radical (unpaired) electrons. The van der Waals surface area contributed by atoms with Gasteiger partial charge < -0.3 is 9.47 Å². The van der Waals surface area contributed by atoms with E-state index in [0.29, 0.717) is 6.04 Å². The Morgan fingerprint density at radius 1 is 1.40 bits per heavy atom. The van der Waals surface area contributed by atoms with E-state index in [1.807, 2.05) is 0 Å². The summed E-state index contributed by atoms with van der Waals surface area (Å²) in [6, 6.07) is 0.429. The van der Waals surface area contributed by atoms with Crippen LogP contribution in [0.1, 0.15) is 27.2 Å². The van der Waals surface area contributed by atoms with Gasteiger partial charge in [-0.15, -0.1) is 0 Å². The molecule has 0 amide bonds. The number of rotatable bonds is 5. The molecule has 0 aliphatic carbocycles. The molecule has 4 nitrogen and oxygen atoms in total. The molecule has 1 atom stereocenters. The van der Waals surface area contributed by atoms with E-state index in [1.54, 1.807) is 7.11 Å². The van der Waals surface area contributed by atoms with Gasteiger partial charge in [0.15, 0.2) is 0 Å². The van der Waals surface area contributed by atoms with Crippen molar-refractivity contribution in [1.82, 2.24) is 10.4 Å². The Labute approximate surface area is 92.9 Å². The summed E-state index contributed by atoms with van der Waals surface area (Å²) >= 11 is 0. The number of nitrogens with zero attached hydrogens (tertiary/aromatic N) is 1. The summed E-state index contributed by atoms with van der Waals surface area (Å²) in [7, 11) is 1.77. The van der Waals surface area contributed by atoms with Gasteiger partial charge in [-0.3, -0.25) is 5.43 Å². The zero-order valence-electron chi connectivity index (χ0n) is 10.4. The molecule has 0 bridgehead atoms. The van der Waals surface area contributed by atoms with Crippen LogP contribution < -0.4 is 5.43 Å². The van der Waals surface area contributed by atoms with Crippen molar-refractivity contribution < 1.29 is 9.47 Å². The molecule has 4 heteroatoms. The first-order valence-electron chi connectivity index (χ1n) is 5.67. The van der Waals surface area contributed by atoms with Gasteiger partial charge in [0.25, 0.3) is 0 Å². The minimum atomic E-state index is -0.0568. The third-order valence-corrected chi connectivity index (χ3v) is 2.76. The van der Waals surface area contributed by atoms with E-state index in [4.69, 9.17) is 9.47 Å². The average molecular weight is 216 g/mol. The van der Waals surface area contributed by atoms with Crippen LogP contribution in [0.3, 0.4) is 0 Å². The van der Waals surface area contributed by atoms with Gasteiger partial charge in [0.1, 0.15) is 0 Å². The lowest BCUT2D eigenvalue weighted by molar-refractivity contribution is -0.0205. The third-order valence-electron chi connectivity index (χ3n) is 2.76. The predicted octanol–water partition coefficient (Wildman–Crippen LogP) is 1.03. The van der Waals surface area contributed by atoms with Crippen molar-refractivity contribution in [3.63, 3.8) is 0 Å². The van der Waals surface area contributed by atoms with Crippen LogP contribution in [-0.4, -0.2) is 50.1 Å². The lowest BCUT2D eigenvalue weighted by Gasteiger charge is -2.33. The Hall–Kier alpha value is -0.160. The molecule has 1 rings (SSSR count). The molecular weight excluding hydrogens is 192 g/mol. The largest absolute Gasteiger partial charge is 0.379 e. The van der Waals surface area contributed by atoms with Gasteiger partial charge in [-0.1, -0.05) is 0 Å². The Bertz CT molecular complexity index is 179. The third kappa shape index (κ3) is 4.93. The Morgan fingerprint density at radius 3 is 2.53 bits per heavy atom. The topological polar surface area (TPSA) is 33.7 Å². The second kappa shape index (κ2) is 5.80. The van der Waals surface area contributed by atoms with Crippen molar-refractivity contribution in [3.05, 3.63) is 0 Å². The van der Waals surface area contributed by atoms with Gasteiger partial charge in [-0.05, 0) is 27.2 Å². The molecule has 1 aliphatic rings. The number of nitrogens with one attached hydrogen (secondary N) is 1. The SMILES string of the molecule is COC(C)(C)CC(C)NN1CCOCC1. The van der Waals surface area contributed by atoms with Crippen LogP contribution in [0.15, 0.2) is 0 Å². The zero-order valence-corrected chi connectivity index (χ0v) is 10.4. The Kier molecular flexibility index (Phi) is 4.99. The highest BCUT2D eigenvalue weighted by Crippen LogP contribution is 2.15. The summed E-state index contributed by atoms with van der Waals surface area (Å²) in [5, 5.41) is 2.24. The highest BCUT2D eigenvalue weighted by Gasteiger charge is 2.21. The normalized spacial score (nSPS) is 21.6. The van der Waals surface area contributed by atoms with E-state index >= 15 is 0 Å². The van der Waals surface area contributed by atoms with E-state index in [0.717, 1.165) is 32.7 Å². The number of ether oxygens (including phenoxy) is 2. The fraction of sp³-hybridized carbons (Fsp3) is 1.00. The maximum absolute atomic E-state index is 5.41. The minimum Gasteiger partial charge on any atom is -0.379 e. The van der Waals surface area contributed by atoms with E-state index in [1.165, 1.54) is 0 Å². The van der Waals surface area contributed by atoms with Crippen LogP contribution in [0.25, 0.3) is 0 Å². The first kappa shape index (κ1) is 12.9. The van der Waals surface area contributed by atoms with Gasteiger partial charge in [-0.2, -0.15) is 0 Å². The van der Waals surface area contributed by atoms with Crippen molar-refractivity contribution >= 4 is 0 Å². The lowest BCUT2D eigenvalue weighted by atomic mass is 10.0. The summed E-state index contributed by atoms with van der Waals surface area (Å²) in [4.78, 5) is 0. The molecule has 1 unspecified atom stereocenters. The summed E-state index contributed by atoms with van der Waals surface area (Å²) in [6.45, 7) is 10.0. The standard InChI is InChI=1S/C11H24N2O2/c1-10(9-11(2,3)14-4)12-13-5-7-15-8-6-13/h10,12H,5-9H2,1-4H3. The van der Waals surface area contributed by atoms with Crippen LogP contribution in [0.5, 0.6) is 0 Å². The lowest BCUT2D eigenvalue weighted by Crippen LogP contribution is -2.50. The molecule has 0 aromatic rings. The number of morpholine rings is 1. The molecule has 1 saturated heterocycles. The summed E-state index contributed by atoms with van der Waals surface area (Å²) < 4.78 is 10.7. The molecule has 0 aromatic carbocycles. The van der Waals surface area contributed by atoms with Crippen molar-refractivity contribution in [2.75, 3.05) is 33.4 Å². The van der Waals surface area contributed by atoms with Crippen LogP contribution in [0.4, 0.5) is 0 Å². The summed E-state index contributed by atoms with van der Waals surface area (Å²) in [6.07, 6.45) is 1.00. The summed E-state index contributed by atoms with van der Waals surface area (Å²) in [5.74, 6) is 0. The van der Waals surface area contributed by atoms with Gasteiger partial charge >= 0.3 is 0 Å². The van der Waals surface area contributed by atoms with Crippen molar-refractivity contribution in [2.45, 2.75) is 38.8 Å². The van der Waals surface area contributed by atoms with E-state index in [2.05, 4.69) is 31.2 Å². The molecule has 1 aliphatic heterocycles. The molecular formula is C11H24N2O2. The van der Waals surface area contributed by atoms with Crippen LogP contribution in [0, 0.1) is 0 Å². The Balaban J connectivity index is 2.25. The van der Waals surface area contributed by atoms with Crippen molar-refractivity contribution in [3.8, 4) is 0 Å². The molecule has 0 aromatic heterocycles. The molecule has 90 valence electrons. The maximum atomic E-state index is 5.41. The predicted molar refractivity (Wildman–Crippen MR) is 60.7 cm³/mol.